The minimum Gasteiger partial charge on any atom is -0.383 e. The number of hydrogen-bond donors (Lipinski definition) is 1. The summed E-state index contributed by atoms with van der Waals surface area (Å²) in [5.41, 5.74) is 1.16. The number of amides is 2. The Bertz CT molecular complexity index is 1180. The Morgan fingerprint density at radius 1 is 1.00 bits per heavy atom. The number of anilines is 1. The van der Waals surface area contributed by atoms with Gasteiger partial charge in [0.05, 0.1) is 24.3 Å². The largest absolute Gasteiger partial charge is 0.383 e. The SMILES string of the molecule is COCCN1C(=O)c2ccccc2[C@H](C(=O)Nc2ccc(F)cc2F)[C@H]1c1ccc(F)cc1. The lowest BCUT2D eigenvalue weighted by atomic mass is 9.79. The number of halogens is 3. The predicted octanol–water partition coefficient (Wildman–Crippen LogP) is 4.67. The van der Waals surface area contributed by atoms with Crippen LogP contribution in [0.2, 0.25) is 0 Å². The third-order valence-electron chi connectivity index (χ3n) is 5.66. The van der Waals surface area contributed by atoms with Crippen LogP contribution in [-0.2, 0) is 9.53 Å². The first kappa shape index (κ1) is 22.5. The van der Waals surface area contributed by atoms with Crippen molar-refractivity contribution in [2.45, 2.75) is 12.0 Å². The molecule has 1 aliphatic rings. The summed E-state index contributed by atoms with van der Waals surface area (Å²) in [6, 6.07) is 14.3. The highest BCUT2D eigenvalue weighted by atomic mass is 19.1. The summed E-state index contributed by atoms with van der Waals surface area (Å²) in [4.78, 5) is 28.4. The Morgan fingerprint density at radius 2 is 1.70 bits per heavy atom. The molecule has 1 N–H and O–H groups in total. The van der Waals surface area contributed by atoms with E-state index in [4.69, 9.17) is 4.74 Å². The number of nitrogens with zero attached hydrogens (tertiary/aromatic N) is 1. The first-order valence-corrected chi connectivity index (χ1v) is 10.3. The number of methoxy groups -OCH3 is 1. The van der Waals surface area contributed by atoms with E-state index in [0.717, 1.165) is 12.1 Å². The van der Waals surface area contributed by atoms with Crippen molar-refractivity contribution < 1.29 is 27.5 Å². The van der Waals surface area contributed by atoms with Gasteiger partial charge < -0.3 is 15.0 Å². The maximum Gasteiger partial charge on any atom is 0.254 e. The summed E-state index contributed by atoms with van der Waals surface area (Å²) in [5.74, 6) is -3.97. The number of hydrogen-bond acceptors (Lipinski definition) is 3. The fraction of sp³-hybridized carbons (Fsp3) is 0.200. The highest BCUT2D eigenvalue weighted by Gasteiger charge is 2.44. The molecule has 0 aliphatic carbocycles. The molecule has 0 aromatic heterocycles. The van der Waals surface area contributed by atoms with Crippen molar-refractivity contribution in [3.63, 3.8) is 0 Å². The van der Waals surface area contributed by atoms with Crippen molar-refractivity contribution >= 4 is 17.5 Å². The zero-order chi connectivity index (χ0) is 23.5. The molecule has 8 heteroatoms. The minimum absolute atomic E-state index is 0.181. The van der Waals surface area contributed by atoms with Crippen LogP contribution in [0.15, 0.2) is 66.7 Å². The highest BCUT2D eigenvalue weighted by molar-refractivity contribution is 6.04. The van der Waals surface area contributed by atoms with Crippen LogP contribution in [0.5, 0.6) is 0 Å². The Balaban J connectivity index is 1.83. The second-order valence-corrected chi connectivity index (χ2v) is 7.67. The van der Waals surface area contributed by atoms with E-state index in [-0.39, 0.29) is 24.7 Å². The summed E-state index contributed by atoms with van der Waals surface area (Å²) in [6.45, 7) is 0.396. The Hall–Kier alpha value is -3.65. The number of ether oxygens (including phenoxy) is 1. The Morgan fingerprint density at radius 3 is 2.39 bits per heavy atom. The molecule has 4 rings (SSSR count). The molecule has 3 aromatic carbocycles. The van der Waals surface area contributed by atoms with Gasteiger partial charge in [0.25, 0.3) is 5.91 Å². The molecule has 2 atom stereocenters. The zero-order valence-corrected chi connectivity index (χ0v) is 17.7. The van der Waals surface area contributed by atoms with Crippen LogP contribution in [0.4, 0.5) is 18.9 Å². The Labute approximate surface area is 188 Å². The van der Waals surface area contributed by atoms with Gasteiger partial charge in [0.1, 0.15) is 17.5 Å². The maximum atomic E-state index is 14.3. The molecular weight excluding hydrogens is 433 g/mol. The molecule has 0 bridgehead atoms. The summed E-state index contributed by atoms with van der Waals surface area (Å²) >= 11 is 0. The van der Waals surface area contributed by atoms with E-state index >= 15 is 0 Å². The average Bonchev–Trinajstić information content (AvgIpc) is 2.80. The Kier molecular flexibility index (Phi) is 6.46. The number of carbonyl (C=O) groups is 2. The minimum atomic E-state index is -0.939. The van der Waals surface area contributed by atoms with Crippen molar-refractivity contribution in [3.05, 3.63) is 101 Å². The van der Waals surface area contributed by atoms with E-state index in [1.165, 1.54) is 36.3 Å². The maximum absolute atomic E-state index is 14.3. The van der Waals surface area contributed by atoms with Crippen molar-refractivity contribution in [3.8, 4) is 0 Å². The van der Waals surface area contributed by atoms with Crippen molar-refractivity contribution in [2.75, 3.05) is 25.6 Å². The standard InChI is InChI=1S/C25H21F3N2O3/c1-33-13-12-30-23(15-6-8-16(26)9-7-15)22(18-4-2-3-5-19(18)25(30)32)24(31)29-21-11-10-17(27)14-20(21)28/h2-11,14,22-23H,12-13H2,1H3,(H,29,31)/t22-,23+/m0/s1. The van der Waals surface area contributed by atoms with E-state index in [1.54, 1.807) is 24.3 Å². The van der Waals surface area contributed by atoms with E-state index in [1.807, 2.05) is 0 Å². The van der Waals surface area contributed by atoms with Crippen LogP contribution in [0.25, 0.3) is 0 Å². The second-order valence-electron chi connectivity index (χ2n) is 7.67. The number of rotatable bonds is 6. The fourth-order valence-electron chi connectivity index (χ4n) is 4.14. The highest BCUT2D eigenvalue weighted by Crippen LogP contribution is 2.43. The molecule has 0 spiro atoms. The van der Waals surface area contributed by atoms with Gasteiger partial charge in [0.2, 0.25) is 5.91 Å². The van der Waals surface area contributed by atoms with E-state index in [0.29, 0.717) is 22.8 Å². The van der Waals surface area contributed by atoms with Gasteiger partial charge in [-0.05, 0) is 41.5 Å². The zero-order valence-electron chi connectivity index (χ0n) is 17.7. The fourth-order valence-corrected chi connectivity index (χ4v) is 4.14. The molecule has 0 saturated carbocycles. The third kappa shape index (κ3) is 4.47. The summed E-state index contributed by atoms with van der Waals surface area (Å²) in [5, 5.41) is 2.53. The molecule has 0 radical (unpaired) electrons. The van der Waals surface area contributed by atoms with Crippen LogP contribution >= 0.6 is 0 Å². The summed E-state index contributed by atoms with van der Waals surface area (Å²) < 4.78 is 46.4. The van der Waals surface area contributed by atoms with E-state index in [2.05, 4.69) is 5.32 Å². The number of benzene rings is 3. The summed E-state index contributed by atoms with van der Waals surface area (Å²) in [6.07, 6.45) is 0. The smallest absolute Gasteiger partial charge is 0.254 e. The summed E-state index contributed by atoms with van der Waals surface area (Å²) in [7, 11) is 1.50. The van der Waals surface area contributed by atoms with Crippen molar-refractivity contribution in [2.24, 2.45) is 0 Å². The number of carbonyl (C=O) groups excluding carboxylic acids is 2. The van der Waals surface area contributed by atoms with Gasteiger partial charge in [0, 0.05) is 25.3 Å². The molecule has 1 aliphatic heterocycles. The van der Waals surface area contributed by atoms with Gasteiger partial charge in [-0.1, -0.05) is 30.3 Å². The van der Waals surface area contributed by atoms with Crippen LogP contribution in [-0.4, -0.2) is 37.0 Å². The normalized spacial score (nSPS) is 17.6. The molecule has 33 heavy (non-hydrogen) atoms. The van der Waals surface area contributed by atoms with Crippen molar-refractivity contribution in [1.82, 2.24) is 4.90 Å². The van der Waals surface area contributed by atoms with Gasteiger partial charge in [-0.2, -0.15) is 0 Å². The first-order chi connectivity index (χ1) is 15.9. The van der Waals surface area contributed by atoms with Gasteiger partial charge in [-0.25, -0.2) is 13.2 Å². The van der Waals surface area contributed by atoms with Crippen LogP contribution in [0, 0.1) is 17.5 Å². The van der Waals surface area contributed by atoms with Crippen LogP contribution in [0.3, 0.4) is 0 Å². The lowest BCUT2D eigenvalue weighted by Crippen LogP contribution is -2.47. The second kappa shape index (κ2) is 9.46. The van der Waals surface area contributed by atoms with Crippen LogP contribution < -0.4 is 5.32 Å². The lowest BCUT2D eigenvalue weighted by Gasteiger charge is -2.41. The number of nitrogens with one attached hydrogen (secondary N) is 1. The predicted molar refractivity (Wildman–Crippen MR) is 116 cm³/mol. The molecule has 170 valence electrons. The van der Waals surface area contributed by atoms with E-state index in [9.17, 15) is 22.8 Å². The topological polar surface area (TPSA) is 58.6 Å². The molecular formula is C25H21F3N2O3. The van der Waals surface area contributed by atoms with Gasteiger partial charge >= 0.3 is 0 Å². The lowest BCUT2D eigenvalue weighted by molar-refractivity contribution is -0.119. The molecule has 2 amide bonds. The van der Waals surface area contributed by atoms with Gasteiger partial charge in [0.15, 0.2) is 0 Å². The van der Waals surface area contributed by atoms with Gasteiger partial charge in [-0.15, -0.1) is 0 Å². The average molecular weight is 454 g/mol. The quantitative estimate of drug-likeness (QED) is 0.589. The third-order valence-corrected chi connectivity index (χ3v) is 5.66. The molecule has 0 unspecified atom stereocenters. The first-order valence-electron chi connectivity index (χ1n) is 10.3. The molecule has 1 heterocycles. The molecule has 3 aromatic rings. The van der Waals surface area contributed by atoms with Crippen LogP contribution in [0.1, 0.15) is 33.4 Å². The molecule has 0 fully saturated rings. The molecule has 0 saturated heterocycles. The number of fused-ring (bicyclic) bond motifs is 1. The van der Waals surface area contributed by atoms with Crippen molar-refractivity contribution in [1.29, 1.82) is 0 Å². The monoisotopic (exact) mass is 454 g/mol. The molecule has 5 nitrogen and oxygen atoms in total. The van der Waals surface area contributed by atoms with E-state index < -0.39 is 35.3 Å². The van der Waals surface area contributed by atoms with Gasteiger partial charge in [-0.3, -0.25) is 9.59 Å².